The minimum absolute atomic E-state index is 0.450. The first kappa shape index (κ1) is 12.6. The van der Waals surface area contributed by atoms with E-state index in [0.29, 0.717) is 12.1 Å². The van der Waals surface area contributed by atoms with Crippen LogP contribution in [-0.2, 0) is 0 Å². The van der Waals surface area contributed by atoms with Crippen LogP contribution in [0.25, 0.3) is 0 Å². The quantitative estimate of drug-likeness (QED) is 0.862. The van der Waals surface area contributed by atoms with Crippen molar-refractivity contribution in [2.75, 3.05) is 20.1 Å². The molecule has 0 saturated carbocycles. The van der Waals surface area contributed by atoms with Crippen LogP contribution in [0.2, 0.25) is 0 Å². The molecule has 2 unspecified atom stereocenters. The predicted molar refractivity (Wildman–Crippen MR) is 73.4 cm³/mol. The van der Waals surface area contributed by atoms with Gasteiger partial charge in [-0.1, -0.05) is 23.8 Å². The fourth-order valence-electron chi connectivity index (χ4n) is 2.74. The Morgan fingerprint density at radius 1 is 1.35 bits per heavy atom. The van der Waals surface area contributed by atoms with Crippen molar-refractivity contribution in [1.82, 2.24) is 10.2 Å². The van der Waals surface area contributed by atoms with Crippen LogP contribution in [0.4, 0.5) is 0 Å². The summed E-state index contributed by atoms with van der Waals surface area (Å²) in [5.74, 6) is 0. The molecule has 94 valence electrons. The maximum Gasteiger partial charge on any atom is 0.0297 e. The summed E-state index contributed by atoms with van der Waals surface area (Å²) in [5, 5.41) is 3.75. The Morgan fingerprint density at radius 3 is 2.76 bits per heavy atom. The molecule has 1 fully saturated rings. The van der Waals surface area contributed by atoms with Gasteiger partial charge in [0.05, 0.1) is 0 Å². The van der Waals surface area contributed by atoms with Crippen LogP contribution >= 0.6 is 0 Å². The zero-order valence-corrected chi connectivity index (χ0v) is 11.5. The monoisotopic (exact) mass is 232 g/mol. The van der Waals surface area contributed by atoms with Crippen LogP contribution in [0, 0.1) is 13.8 Å². The summed E-state index contributed by atoms with van der Waals surface area (Å²) in [5.41, 5.74) is 4.18. The summed E-state index contributed by atoms with van der Waals surface area (Å²) in [6.07, 6.45) is 1.27. The number of nitrogens with zero attached hydrogens (tertiary/aromatic N) is 1. The number of aryl methyl sites for hydroxylation is 2. The Hall–Kier alpha value is -0.860. The lowest BCUT2D eigenvalue weighted by Gasteiger charge is -2.21. The number of nitrogens with one attached hydrogen (secondary N) is 1. The Kier molecular flexibility index (Phi) is 3.85. The van der Waals surface area contributed by atoms with E-state index in [2.05, 4.69) is 56.2 Å². The summed E-state index contributed by atoms with van der Waals surface area (Å²) < 4.78 is 0. The predicted octanol–water partition coefficient (Wildman–Crippen LogP) is 2.66. The fraction of sp³-hybridized carbons (Fsp3) is 0.600. The van der Waals surface area contributed by atoms with Crippen molar-refractivity contribution in [3.05, 3.63) is 34.9 Å². The van der Waals surface area contributed by atoms with Crippen LogP contribution in [0.5, 0.6) is 0 Å². The normalized spacial score (nSPS) is 22.9. The van der Waals surface area contributed by atoms with Crippen LogP contribution in [0.1, 0.15) is 36.1 Å². The van der Waals surface area contributed by atoms with Crippen molar-refractivity contribution in [3.63, 3.8) is 0 Å². The number of hydrogen-bond acceptors (Lipinski definition) is 2. The highest BCUT2D eigenvalue weighted by molar-refractivity contribution is 5.32. The van der Waals surface area contributed by atoms with Gasteiger partial charge in [-0.05, 0) is 51.9 Å². The van der Waals surface area contributed by atoms with Gasteiger partial charge in [-0.2, -0.15) is 0 Å². The van der Waals surface area contributed by atoms with E-state index in [1.165, 1.54) is 36.2 Å². The number of hydrogen-bond donors (Lipinski definition) is 1. The molecule has 2 atom stereocenters. The van der Waals surface area contributed by atoms with Gasteiger partial charge in [-0.15, -0.1) is 0 Å². The average molecular weight is 232 g/mol. The highest BCUT2D eigenvalue weighted by atomic mass is 15.2. The van der Waals surface area contributed by atoms with Gasteiger partial charge in [0.2, 0.25) is 0 Å². The summed E-state index contributed by atoms with van der Waals surface area (Å²) >= 11 is 0. The van der Waals surface area contributed by atoms with E-state index in [-0.39, 0.29) is 0 Å². The standard InChI is InChI=1S/C15H24N2/c1-11-5-6-12(2)15(9-11)13(3)16-14-7-8-17(4)10-14/h5-6,9,13-14,16H,7-8,10H2,1-4H3. The molecule has 1 aliphatic heterocycles. The zero-order chi connectivity index (χ0) is 12.4. The Balaban J connectivity index is 2.04. The van der Waals surface area contributed by atoms with E-state index < -0.39 is 0 Å². The van der Waals surface area contributed by atoms with Crippen LogP contribution in [0.15, 0.2) is 18.2 Å². The van der Waals surface area contributed by atoms with Crippen molar-refractivity contribution in [2.24, 2.45) is 0 Å². The summed E-state index contributed by atoms with van der Waals surface area (Å²) in [6, 6.07) is 7.82. The summed E-state index contributed by atoms with van der Waals surface area (Å²) in [4.78, 5) is 2.40. The van der Waals surface area contributed by atoms with Crippen molar-refractivity contribution in [2.45, 2.75) is 39.3 Å². The second-order valence-electron chi connectivity index (χ2n) is 5.50. The van der Waals surface area contributed by atoms with Crippen molar-refractivity contribution < 1.29 is 0 Å². The number of likely N-dealkylation sites (tertiary alicyclic amines) is 1. The zero-order valence-electron chi connectivity index (χ0n) is 11.5. The van der Waals surface area contributed by atoms with Gasteiger partial charge in [0.15, 0.2) is 0 Å². The van der Waals surface area contributed by atoms with Crippen molar-refractivity contribution in [3.8, 4) is 0 Å². The number of likely N-dealkylation sites (N-methyl/N-ethyl adjacent to an activating group) is 1. The SMILES string of the molecule is Cc1ccc(C)c(C(C)NC2CCN(C)C2)c1. The van der Waals surface area contributed by atoms with Crippen molar-refractivity contribution >= 4 is 0 Å². The molecule has 2 heteroatoms. The molecule has 1 heterocycles. The summed E-state index contributed by atoms with van der Waals surface area (Å²) in [7, 11) is 2.20. The van der Waals surface area contributed by atoms with Crippen molar-refractivity contribution in [1.29, 1.82) is 0 Å². The first-order chi connectivity index (χ1) is 8.06. The van der Waals surface area contributed by atoms with Gasteiger partial charge in [-0.3, -0.25) is 0 Å². The second kappa shape index (κ2) is 5.19. The molecule has 0 radical (unpaired) electrons. The molecule has 1 aromatic carbocycles. The molecule has 2 rings (SSSR count). The van der Waals surface area contributed by atoms with Gasteiger partial charge in [0, 0.05) is 18.6 Å². The van der Waals surface area contributed by atoms with E-state index in [1.807, 2.05) is 0 Å². The fourth-order valence-corrected chi connectivity index (χ4v) is 2.74. The molecule has 0 aromatic heterocycles. The molecule has 1 aliphatic rings. The van der Waals surface area contributed by atoms with Gasteiger partial charge in [-0.25, -0.2) is 0 Å². The lowest BCUT2D eigenvalue weighted by molar-refractivity contribution is 0.387. The molecule has 2 nitrogen and oxygen atoms in total. The Bertz CT molecular complexity index is 387. The molecule has 0 spiro atoms. The van der Waals surface area contributed by atoms with Crippen LogP contribution < -0.4 is 5.32 Å². The highest BCUT2D eigenvalue weighted by Crippen LogP contribution is 2.20. The molecule has 0 aliphatic carbocycles. The third-order valence-corrected chi connectivity index (χ3v) is 3.78. The lowest BCUT2D eigenvalue weighted by Crippen LogP contribution is -2.33. The van der Waals surface area contributed by atoms with Gasteiger partial charge in [0.25, 0.3) is 0 Å². The molecule has 1 aromatic rings. The smallest absolute Gasteiger partial charge is 0.0297 e. The molecule has 17 heavy (non-hydrogen) atoms. The molecule has 1 saturated heterocycles. The van der Waals surface area contributed by atoms with Gasteiger partial charge in [0.1, 0.15) is 0 Å². The topological polar surface area (TPSA) is 15.3 Å². The Morgan fingerprint density at radius 2 is 2.12 bits per heavy atom. The van der Waals surface area contributed by atoms with Crippen LogP contribution in [0.3, 0.4) is 0 Å². The minimum atomic E-state index is 0.450. The number of benzene rings is 1. The molecular formula is C15H24N2. The first-order valence-corrected chi connectivity index (χ1v) is 6.58. The summed E-state index contributed by atoms with van der Waals surface area (Å²) in [6.45, 7) is 9.04. The molecule has 0 amide bonds. The maximum absolute atomic E-state index is 3.75. The average Bonchev–Trinajstić information content (AvgIpc) is 2.67. The van der Waals surface area contributed by atoms with Gasteiger partial charge < -0.3 is 10.2 Å². The third-order valence-electron chi connectivity index (χ3n) is 3.78. The third kappa shape index (κ3) is 3.08. The first-order valence-electron chi connectivity index (χ1n) is 6.58. The van der Waals surface area contributed by atoms with E-state index in [9.17, 15) is 0 Å². The number of rotatable bonds is 3. The van der Waals surface area contributed by atoms with E-state index in [4.69, 9.17) is 0 Å². The highest BCUT2D eigenvalue weighted by Gasteiger charge is 2.21. The maximum atomic E-state index is 3.75. The molecule has 1 N–H and O–H groups in total. The molecular weight excluding hydrogens is 208 g/mol. The van der Waals surface area contributed by atoms with Crippen LogP contribution in [-0.4, -0.2) is 31.1 Å². The largest absolute Gasteiger partial charge is 0.306 e. The van der Waals surface area contributed by atoms with E-state index in [0.717, 1.165) is 0 Å². The van der Waals surface area contributed by atoms with E-state index in [1.54, 1.807) is 0 Å². The Labute approximate surface area is 105 Å². The van der Waals surface area contributed by atoms with Gasteiger partial charge >= 0.3 is 0 Å². The minimum Gasteiger partial charge on any atom is -0.306 e. The molecule has 0 bridgehead atoms. The van der Waals surface area contributed by atoms with E-state index >= 15 is 0 Å². The lowest BCUT2D eigenvalue weighted by atomic mass is 9.99. The second-order valence-corrected chi connectivity index (χ2v) is 5.50.